The Morgan fingerprint density at radius 2 is 2.00 bits per heavy atom. The summed E-state index contributed by atoms with van der Waals surface area (Å²) in [6, 6.07) is 0.931. The monoisotopic (exact) mass is 281 g/mol. The van der Waals surface area contributed by atoms with Gasteiger partial charge < -0.3 is 9.64 Å². The van der Waals surface area contributed by atoms with E-state index in [4.69, 9.17) is 4.74 Å². The van der Waals surface area contributed by atoms with Gasteiger partial charge >= 0.3 is 6.18 Å². The highest BCUT2D eigenvalue weighted by molar-refractivity contribution is 7.99. The Morgan fingerprint density at radius 1 is 1.33 bits per heavy atom. The zero-order valence-corrected chi connectivity index (χ0v) is 11.1. The number of methoxy groups -OCH3 is 1. The second-order valence-electron chi connectivity index (χ2n) is 3.63. The van der Waals surface area contributed by atoms with E-state index in [0.717, 1.165) is 17.8 Å². The summed E-state index contributed by atoms with van der Waals surface area (Å²) in [4.78, 5) is 9.06. The predicted octanol–water partition coefficient (Wildman–Crippen LogP) is 2.30. The second kappa shape index (κ2) is 6.24. The van der Waals surface area contributed by atoms with Crippen LogP contribution in [0.25, 0.3) is 0 Å². The second-order valence-corrected chi connectivity index (χ2v) is 4.69. The van der Waals surface area contributed by atoms with E-state index < -0.39 is 11.9 Å². The van der Waals surface area contributed by atoms with Crippen molar-refractivity contribution in [3.8, 4) is 0 Å². The molecule has 0 aliphatic rings. The minimum Gasteiger partial charge on any atom is -0.384 e. The van der Waals surface area contributed by atoms with Gasteiger partial charge in [-0.05, 0) is 0 Å². The van der Waals surface area contributed by atoms with E-state index in [1.807, 2.05) is 0 Å². The zero-order valence-electron chi connectivity index (χ0n) is 10.3. The molecule has 1 heterocycles. The Balaban J connectivity index is 2.99. The van der Waals surface area contributed by atoms with Gasteiger partial charge in [-0.15, -0.1) is 0 Å². The fourth-order valence-corrected chi connectivity index (χ4v) is 1.82. The summed E-state index contributed by atoms with van der Waals surface area (Å²) in [6.07, 6.45) is -4.47. The van der Waals surface area contributed by atoms with Gasteiger partial charge in [0.15, 0.2) is 10.9 Å². The van der Waals surface area contributed by atoms with Crippen LogP contribution in [0, 0.1) is 0 Å². The summed E-state index contributed by atoms with van der Waals surface area (Å²) in [6.45, 7) is 0.432. The molecule has 0 spiro atoms. The van der Waals surface area contributed by atoms with Gasteiger partial charge in [-0.3, -0.25) is 0 Å². The van der Waals surface area contributed by atoms with E-state index in [2.05, 4.69) is 9.97 Å². The van der Waals surface area contributed by atoms with Gasteiger partial charge in [0.1, 0.15) is 5.82 Å². The van der Waals surface area contributed by atoms with Gasteiger partial charge in [0.25, 0.3) is 0 Å². The van der Waals surface area contributed by atoms with Crippen molar-refractivity contribution < 1.29 is 17.9 Å². The van der Waals surface area contributed by atoms with Gasteiger partial charge in [-0.1, -0.05) is 11.8 Å². The maximum atomic E-state index is 12.7. The third-order valence-corrected chi connectivity index (χ3v) is 2.77. The average molecular weight is 281 g/mol. The highest BCUT2D eigenvalue weighted by atomic mass is 32.2. The summed E-state index contributed by atoms with van der Waals surface area (Å²) >= 11 is 1.13. The third-order valence-electron chi connectivity index (χ3n) is 1.96. The molecule has 0 aromatic carbocycles. The van der Waals surface area contributed by atoms with Crippen LogP contribution in [0.5, 0.6) is 0 Å². The molecule has 8 heteroatoms. The van der Waals surface area contributed by atoms with Gasteiger partial charge in [-0.2, -0.15) is 13.2 Å². The molecule has 102 valence electrons. The lowest BCUT2D eigenvalue weighted by Gasteiger charge is -2.15. The van der Waals surface area contributed by atoms with Crippen LogP contribution in [0.2, 0.25) is 0 Å². The summed E-state index contributed by atoms with van der Waals surface area (Å²) in [5, 5.41) is 0.102. The highest BCUT2D eigenvalue weighted by Crippen LogP contribution is 2.30. The van der Waals surface area contributed by atoms with Crippen LogP contribution in [0.15, 0.2) is 11.2 Å². The first-order valence-electron chi connectivity index (χ1n) is 5.10. The summed E-state index contributed by atoms with van der Waals surface area (Å²) < 4.78 is 42.8. The number of ether oxygens (including phenoxy) is 1. The SMILES string of the molecule is COCCSc1nc(N(C)C)cc(C(F)(F)F)n1. The number of thioether (sulfide) groups is 1. The van der Waals surface area contributed by atoms with Crippen molar-refractivity contribution in [2.45, 2.75) is 11.3 Å². The van der Waals surface area contributed by atoms with E-state index in [0.29, 0.717) is 12.4 Å². The molecule has 0 amide bonds. The van der Waals surface area contributed by atoms with E-state index in [1.54, 1.807) is 14.1 Å². The molecule has 1 aromatic rings. The summed E-state index contributed by atoms with van der Waals surface area (Å²) in [5.41, 5.74) is -0.930. The lowest BCUT2D eigenvalue weighted by Crippen LogP contribution is -2.16. The topological polar surface area (TPSA) is 38.2 Å². The Hall–Kier alpha value is -1.02. The van der Waals surface area contributed by atoms with Crippen molar-refractivity contribution in [2.24, 2.45) is 0 Å². The maximum absolute atomic E-state index is 12.7. The number of anilines is 1. The molecule has 1 rings (SSSR count). The number of aromatic nitrogens is 2. The van der Waals surface area contributed by atoms with E-state index >= 15 is 0 Å². The Bertz CT molecular complexity index is 398. The van der Waals surface area contributed by atoms with Crippen LogP contribution >= 0.6 is 11.8 Å². The van der Waals surface area contributed by atoms with Crippen LogP contribution in [0.3, 0.4) is 0 Å². The van der Waals surface area contributed by atoms with E-state index in [9.17, 15) is 13.2 Å². The fourth-order valence-electron chi connectivity index (χ4n) is 1.07. The largest absolute Gasteiger partial charge is 0.433 e. The van der Waals surface area contributed by atoms with Crippen molar-refractivity contribution >= 4 is 17.6 Å². The van der Waals surface area contributed by atoms with Crippen molar-refractivity contribution in [2.75, 3.05) is 38.5 Å². The van der Waals surface area contributed by atoms with Gasteiger partial charge in [0, 0.05) is 33.0 Å². The van der Waals surface area contributed by atoms with Crippen LogP contribution in [-0.4, -0.2) is 43.5 Å². The van der Waals surface area contributed by atoms with Crippen LogP contribution in [0.1, 0.15) is 5.69 Å². The van der Waals surface area contributed by atoms with Gasteiger partial charge in [0.05, 0.1) is 6.61 Å². The molecule has 0 atom stereocenters. The van der Waals surface area contributed by atoms with E-state index in [1.165, 1.54) is 12.0 Å². The number of hydrogen-bond donors (Lipinski definition) is 0. The molecule has 0 aliphatic carbocycles. The Kier molecular flexibility index (Phi) is 5.21. The lowest BCUT2D eigenvalue weighted by molar-refractivity contribution is -0.141. The Labute approximate surface area is 108 Å². The molecule has 4 nitrogen and oxygen atoms in total. The molecule has 0 saturated carbocycles. The molecule has 18 heavy (non-hydrogen) atoms. The van der Waals surface area contributed by atoms with Gasteiger partial charge in [-0.25, -0.2) is 9.97 Å². The van der Waals surface area contributed by atoms with Crippen molar-refractivity contribution in [3.05, 3.63) is 11.8 Å². The summed E-state index contributed by atoms with van der Waals surface area (Å²) in [5.74, 6) is 0.738. The number of hydrogen-bond acceptors (Lipinski definition) is 5. The molecule has 1 aromatic heterocycles. The summed E-state index contributed by atoms with van der Waals surface area (Å²) in [7, 11) is 4.79. The van der Waals surface area contributed by atoms with E-state index in [-0.39, 0.29) is 11.0 Å². The van der Waals surface area contributed by atoms with Gasteiger partial charge in [0.2, 0.25) is 0 Å². The number of alkyl halides is 3. The molecule has 0 aliphatic heterocycles. The fraction of sp³-hybridized carbons (Fsp3) is 0.600. The van der Waals surface area contributed by atoms with Crippen LogP contribution in [-0.2, 0) is 10.9 Å². The maximum Gasteiger partial charge on any atom is 0.433 e. The Morgan fingerprint density at radius 3 is 2.50 bits per heavy atom. The zero-order chi connectivity index (χ0) is 13.8. The molecular formula is C10H14F3N3OS. The van der Waals surface area contributed by atoms with Crippen molar-refractivity contribution in [1.29, 1.82) is 0 Å². The molecule has 0 radical (unpaired) electrons. The lowest BCUT2D eigenvalue weighted by atomic mass is 10.4. The first-order chi connectivity index (χ1) is 8.34. The number of halogens is 3. The molecule has 0 bridgehead atoms. The minimum atomic E-state index is -4.47. The molecule has 0 saturated heterocycles. The number of rotatable bonds is 5. The van der Waals surface area contributed by atoms with Crippen LogP contribution < -0.4 is 4.90 Å². The molecule has 0 fully saturated rings. The third kappa shape index (κ3) is 4.34. The standard InChI is InChI=1S/C10H14F3N3OS/c1-16(2)8-6-7(10(11,12)13)14-9(15-8)18-5-4-17-3/h6H,4-5H2,1-3H3. The average Bonchev–Trinajstić information content (AvgIpc) is 2.28. The van der Waals surface area contributed by atoms with Crippen molar-refractivity contribution in [3.63, 3.8) is 0 Å². The predicted molar refractivity (Wildman–Crippen MR) is 64.0 cm³/mol. The smallest absolute Gasteiger partial charge is 0.384 e. The molecule has 0 N–H and O–H groups in total. The van der Waals surface area contributed by atoms with Crippen LogP contribution in [0.4, 0.5) is 19.0 Å². The number of nitrogens with zero attached hydrogens (tertiary/aromatic N) is 3. The highest BCUT2D eigenvalue weighted by Gasteiger charge is 2.33. The first kappa shape index (κ1) is 15.0. The first-order valence-corrected chi connectivity index (χ1v) is 6.08. The minimum absolute atomic E-state index is 0.102. The molecular weight excluding hydrogens is 267 g/mol. The quantitative estimate of drug-likeness (QED) is 0.470. The molecule has 0 unspecified atom stereocenters. The van der Waals surface area contributed by atoms with Crippen molar-refractivity contribution in [1.82, 2.24) is 9.97 Å². The normalized spacial score (nSPS) is 11.7.